The molecule has 0 aliphatic carbocycles. The molecule has 0 aliphatic heterocycles. The number of halogens is 4. The van der Waals surface area contributed by atoms with Gasteiger partial charge in [0.25, 0.3) is 0 Å². The summed E-state index contributed by atoms with van der Waals surface area (Å²) in [6.07, 6.45) is 0.686. The van der Waals surface area contributed by atoms with Crippen LogP contribution in [0.3, 0.4) is 0 Å². The molecule has 0 unspecified atom stereocenters. The Balaban J connectivity index is 0.00000256. The van der Waals surface area contributed by atoms with E-state index in [1.807, 2.05) is 28.8 Å². The fraction of sp³-hybridized carbons (Fsp3) is 0.105. The molecule has 7 nitrogen and oxygen atoms in total. The maximum Gasteiger partial charge on any atom is 0.405 e. The lowest BCUT2D eigenvalue weighted by Gasteiger charge is -2.11. The summed E-state index contributed by atoms with van der Waals surface area (Å²) in [6.45, 7) is -1.40. The number of nitrogens with one attached hydrogen (secondary N) is 3. The minimum absolute atomic E-state index is 0. The highest BCUT2D eigenvalue weighted by Gasteiger charge is 2.27. The summed E-state index contributed by atoms with van der Waals surface area (Å²) in [5.41, 5.74) is 4.59. The third-order valence-corrected chi connectivity index (χ3v) is 4.21. The molecule has 0 aliphatic rings. The van der Waals surface area contributed by atoms with Gasteiger partial charge in [0.1, 0.15) is 12.9 Å². The van der Waals surface area contributed by atoms with E-state index in [0.717, 1.165) is 22.2 Å². The number of imidazole rings is 1. The molecule has 4 rings (SSSR count). The molecular formula is C19H16ClF3N6O. The summed E-state index contributed by atoms with van der Waals surface area (Å²) in [4.78, 5) is 16.1. The van der Waals surface area contributed by atoms with Crippen molar-refractivity contribution in [2.45, 2.75) is 6.18 Å². The van der Waals surface area contributed by atoms with Crippen molar-refractivity contribution in [1.82, 2.24) is 25.1 Å². The van der Waals surface area contributed by atoms with Gasteiger partial charge in [-0.3, -0.25) is 9.67 Å². The zero-order valence-electron chi connectivity index (χ0n) is 15.3. The fourth-order valence-corrected chi connectivity index (χ4v) is 2.90. The lowest BCUT2D eigenvalue weighted by molar-refractivity contribution is -0.122. The van der Waals surface area contributed by atoms with Crippen LogP contribution in [-0.2, 0) is 0 Å². The van der Waals surface area contributed by atoms with Gasteiger partial charge in [0, 0.05) is 23.1 Å². The van der Waals surface area contributed by atoms with Gasteiger partial charge in [0.05, 0.1) is 17.2 Å². The third-order valence-electron chi connectivity index (χ3n) is 4.21. The molecule has 0 atom stereocenters. The van der Waals surface area contributed by atoms with Crippen LogP contribution in [0.1, 0.15) is 0 Å². The Morgan fingerprint density at radius 2 is 1.97 bits per heavy atom. The third kappa shape index (κ3) is 4.71. The van der Waals surface area contributed by atoms with Crippen molar-refractivity contribution in [2.75, 3.05) is 11.9 Å². The predicted molar refractivity (Wildman–Crippen MR) is 109 cm³/mol. The molecule has 2 amide bonds. The number of benzene rings is 2. The molecule has 0 saturated heterocycles. The molecule has 30 heavy (non-hydrogen) atoms. The molecule has 0 saturated carbocycles. The SMILES string of the molecule is Cl.O=C(NCC(F)(F)F)Nc1cccc(-n2cnc3cc(-c4cn[nH]c4)ccc32)c1. The highest BCUT2D eigenvalue weighted by atomic mass is 35.5. The average molecular weight is 437 g/mol. The molecular weight excluding hydrogens is 421 g/mol. The number of alkyl halides is 3. The number of hydrogen-bond acceptors (Lipinski definition) is 3. The van der Waals surface area contributed by atoms with Crippen LogP contribution in [-0.4, -0.2) is 38.5 Å². The van der Waals surface area contributed by atoms with Gasteiger partial charge in [-0.25, -0.2) is 9.78 Å². The van der Waals surface area contributed by atoms with Crippen LogP contribution in [0.25, 0.3) is 27.8 Å². The first-order chi connectivity index (χ1) is 13.9. The Bertz CT molecular complexity index is 1160. The molecule has 0 radical (unpaired) electrons. The number of urea groups is 1. The number of rotatable bonds is 4. The number of anilines is 1. The van der Waals surface area contributed by atoms with Crippen LogP contribution in [0.4, 0.5) is 23.7 Å². The number of hydrogen-bond donors (Lipinski definition) is 3. The molecule has 2 heterocycles. The van der Waals surface area contributed by atoms with Crippen molar-refractivity contribution >= 4 is 35.2 Å². The van der Waals surface area contributed by atoms with Crippen molar-refractivity contribution in [1.29, 1.82) is 0 Å². The first-order valence-corrected chi connectivity index (χ1v) is 8.57. The van der Waals surface area contributed by atoms with Crippen LogP contribution < -0.4 is 10.6 Å². The number of nitrogens with zero attached hydrogens (tertiary/aromatic N) is 3. The second-order valence-electron chi connectivity index (χ2n) is 6.28. The number of fused-ring (bicyclic) bond motifs is 1. The number of aromatic nitrogens is 4. The maximum atomic E-state index is 12.2. The van der Waals surface area contributed by atoms with Crippen LogP contribution in [0.2, 0.25) is 0 Å². The van der Waals surface area contributed by atoms with Gasteiger partial charge in [-0.2, -0.15) is 18.3 Å². The Morgan fingerprint density at radius 3 is 2.70 bits per heavy atom. The quantitative estimate of drug-likeness (QED) is 0.439. The van der Waals surface area contributed by atoms with E-state index in [9.17, 15) is 18.0 Å². The van der Waals surface area contributed by atoms with Gasteiger partial charge in [-0.1, -0.05) is 12.1 Å². The molecule has 156 valence electrons. The summed E-state index contributed by atoms with van der Waals surface area (Å²) in [5.74, 6) is 0. The number of carbonyl (C=O) groups is 1. The molecule has 0 bridgehead atoms. The van der Waals surface area contributed by atoms with Crippen molar-refractivity contribution < 1.29 is 18.0 Å². The molecule has 2 aromatic heterocycles. The van der Waals surface area contributed by atoms with Gasteiger partial charge in [-0.05, 0) is 35.9 Å². The van der Waals surface area contributed by atoms with E-state index in [1.165, 1.54) is 0 Å². The van der Waals surface area contributed by atoms with Crippen LogP contribution >= 0.6 is 12.4 Å². The van der Waals surface area contributed by atoms with Gasteiger partial charge < -0.3 is 10.6 Å². The van der Waals surface area contributed by atoms with E-state index in [-0.39, 0.29) is 12.4 Å². The van der Waals surface area contributed by atoms with Gasteiger partial charge >= 0.3 is 12.2 Å². The Morgan fingerprint density at radius 1 is 1.13 bits per heavy atom. The summed E-state index contributed by atoms with van der Waals surface area (Å²) < 4.78 is 38.5. The normalized spacial score (nSPS) is 11.2. The topological polar surface area (TPSA) is 87.6 Å². The number of amides is 2. The molecule has 0 fully saturated rings. The summed E-state index contributed by atoms with van der Waals surface area (Å²) >= 11 is 0. The molecule has 0 spiro atoms. The van der Waals surface area contributed by atoms with E-state index < -0.39 is 18.8 Å². The highest BCUT2D eigenvalue weighted by Crippen LogP contribution is 2.25. The van der Waals surface area contributed by atoms with E-state index in [0.29, 0.717) is 11.4 Å². The predicted octanol–water partition coefficient (Wildman–Crippen LogP) is 4.52. The lowest BCUT2D eigenvalue weighted by Crippen LogP contribution is -2.36. The fourth-order valence-electron chi connectivity index (χ4n) is 2.90. The number of aromatic amines is 1. The summed E-state index contributed by atoms with van der Waals surface area (Å²) in [7, 11) is 0. The Labute approximate surface area is 174 Å². The first kappa shape index (κ1) is 21.2. The second kappa shape index (κ2) is 8.46. The summed E-state index contributed by atoms with van der Waals surface area (Å²) in [6, 6.07) is 11.6. The zero-order chi connectivity index (χ0) is 20.4. The van der Waals surface area contributed by atoms with Crippen molar-refractivity contribution in [3.8, 4) is 16.8 Å². The van der Waals surface area contributed by atoms with E-state index in [2.05, 4.69) is 20.5 Å². The Hall–Kier alpha value is -3.53. The van der Waals surface area contributed by atoms with Crippen LogP contribution in [0.15, 0.2) is 61.2 Å². The lowest BCUT2D eigenvalue weighted by atomic mass is 10.1. The van der Waals surface area contributed by atoms with Gasteiger partial charge in [-0.15, -0.1) is 12.4 Å². The highest BCUT2D eigenvalue weighted by molar-refractivity contribution is 5.90. The summed E-state index contributed by atoms with van der Waals surface area (Å²) in [5, 5.41) is 10.9. The minimum atomic E-state index is -4.47. The molecule has 4 aromatic rings. The van der Waals surface area contributed by atoms with E-state index in [1.54, 1.807) is 42.2 Å². The molecule has 2 aromatic carbocycles. The smallest absolute Gasteiger partial charge is 0.329 e. The second-order valence-corrected chi connectivity index (χ2v) is 6.28. The van der Waals surface area contributed by atoms with E-state index in [4.69, 9.17) is 0 Å². The first-order valence-electron chi connectivity index (χ1n) is 8.57. The van der Waals surface area contributed by atoms with Crippen LogP contribution in [0.5, 0.6) is 0 Å². The minimum Gasteiger partial charge on any atom is -0.329 e. The Kier molecular flexibility index (Phi) is 5.97. The molecule has 11 heteroatoms. The van der Waals surface area contributed by atoms with Crippen molar-refractivity contribution in [2.24, 2.45) is 0 Å². The van der Waals surface area contributed by atoms with E-state index >= 15 is 0 Å². The van der Waals surface area contributed by atoms with Gasteiger partial charge in [0.2, 0.25) is 0 Å². The largest absolute Gasteiger partial charge is 0.405 e. The maximum absolute atomic E-state index is 12.2. The van der Waals surface area contributed by atoms with Gasteiger partial charge in [0.15, 0.2) is 0 Å². The van der Waals surface area contributed by atoms with Crippen molar-refractivity contribution in [3.63, 3.8) is 0 Å². The molecule has 3 N–H and O–H groups in total. The standard InChI is InChI=1S/C19H15F3N6O.ClH/c20-19(21,22)10-23-18(29)27-14-2-1-3-15(7-14)28-11-24-16-6-12(4-5-17(16)28)13-8-25-26-9-13;/h1-9,11H,10H2,(H,25,26)(H2,23,27,29);1H. The number of H-pyrrole nitrogens is 1. The van der Waals surface area contributed by atoms with Crippen LogP contribution in [0, 0.1) is 0 Å². The number of carbonyl (C=O) groups excluding carboxylic acids is 1. The zero-order valence-corrected chi connectivity index (χ0v) is 16.1. The average Bonchev–Trinajstić information content (AvgIpc) is 3.35. The monoisotopic (exact) mass is 436 g/mol. The van der Waals surface area contributed by atoms with Crippen molar-refractivity contribution in [3.05, 3.63) is 61.2 Å².